The number of rotatable bonds is 0. The summed E-state index contributed by atoms with van der Waals surface area (Å²) in [5, 5.41) is 5.49. The molecule has 6 heavy (non-hydrogen) atoms. The molecule has 0 aromatic rings. The third-order valence-electron chi connectivity index (χ3n) is 0. The smallest absolute Gasteiger partial charge is 1.00 e. The molecule has 1 nitrogen and oxygen atoms in total. The van der Waals surface area contributed by atoms with Crippen LogP contribution in [-0.2, 0) is 0 Å². The molecule has 0 atom stereocenters. The van der Waals surface area contributed by atoms with E-state index in [1.54, 1.807) is 0 Å². The van der Waals surface area contributed by atoms with Crippen LogP contribution >= 0.6 is 0 Å². The van der Waals surface area contributed by atoms with Crippen molar-refractivity contribution in [1.29, 1.82) is 0 Å². The Kier molecular flexibility index (Phi) is 6.75. The summed E-state index contributed by atoms with van der Waals surface area (Å²) in [5.41, 5.74) is 0. The van der Waals surface area contributed by atoms with E-state index in [1.165, 1.54) is 0 Å². The molecule has 0 saturated carbocycles. The fraction of sp³-hybridized carbons (Fsp3) is 1.00. The summed E-state index contributed by atoms with van der Waals surface area (Å²) >= 11 is 0. The first-order valence-electron chi connectivity index (χ1n) is 1.79. The molecule has 0 heterocycles. The zero-order valence-corrected chi connectivity index (χ0v) is 9.20. The van der Waals surface area contributed by atoms with Crippen LogP contribution in [0.5, 0.6) is 0 Å². The minimum Gasteiger partial charge on any atom is -1.00 e. The molecule has 0 spiro atoms. The minimum absolute atomic E-state index is 0. The number of hydrogen-bond donors (Lipinski definition) is 1. The van der Waals surface area contributed by atoms with Crippen molar-refractivity contribution in [2.75, 3.05) is 0 Å². The maximum atomic E-state index is 5.49. The van der Waals surface area contributed by atoms with Crippen molar-refractivity contribution in [3.05, 3.63) is 0 Å². The standard InChI is InChI=1S/C3H11NSi.K.H/c1-5(2,3)4;;/h4H2,1-3H3;;/q;+1;-1. The van der Waals surface area contributed by atoms with E-state index >= 15 is 0 Å². The van der Waals surface area contributed by atoms with Gasteiger partial charge in [-0.3, -0.25) is 0 Å². The van der Waals surface area contributed by atoms with Gasteiger partial charge in [-0.2, -0.15) is 0 Å². The van der Waals surface area contributed by atoms with Gasteiger partial charge in [0.2, 0.25) is 0 Å². The zero-order chi connectivity index (χ0) is 4.50. The zero-order valence-electron chi connectivity index (χ0n) is 6.08. The van der Waals surface area contributed by atoms with Gasteiger partial charge in [0, 0.05) is 0 Å². The van der Waals surface area contributed by atoms with Crippen molar-refractivity contribution in [3.8, 4) is 0 Å². The van der Waals surface area contributed by atoms with E-state index in [9.17, 15) is 0 Å². The molecular formula is C3H12KNSi. The first-order valence-corrected chi connectivity index (χ1v) is 5.37. The summed E-state index contributed by atoms with van der Waals surface area (Å²) in [6.45, 7) is 6.31. The molecule has 0 aliphatic carbocycles. The fourth-order valence-corrected chi connectivity index (χ4v) is 0. The molecule has 0 bridgehead atoms. The van der Waals surface area contributed by atoms with Gasteiger partial charge in [-0.15, -0.1) is 0 Å². The van der Waals surface area contributed by atoms with E-state index < -0.39 is 8.24 Å². The topological polar surface area (TPSA) is 26.0 Å². The quantitative estimate of drug-likeness (QED) is 0.373. The Hall–Kier alpha value is 1.81. The summed E-state index contributed by atoms with van der Waals surface area (Å²) in [6.07, 6.45) is 0. The summed E-state index contributed by atoms with van der Waals surface area (Å²) in [5.74, 6) is 0. The van der Waals surface area contributed by atoms with E-state index in [1.807, 2.05) is 0 Å². The van der Waals surface area contributed by atoms with Gasteiger partial charge in [0.25, 0.3) is 0 Å². The van der Waals surface area contributed by atoms with Crippen LogP contribution in [0.4, 0.5) is 0 Å². The second-order valence-corrected chi connectivity index (χ2v) is 7.10. The molecule has 0 aliphatic rings. The fourth-order valence-electron chi connectivity index (χ4n) is 0. The van der Waals surface area contributed by atoms with E-state index in [2.05, 4.69) is 19.6 Å². The first kappa shape index (κ1) is 10.7. The molecule has 0 aliphatic heterocycles. The van der Waals surface area contributed by atoms with Crippen LogP contribution in [0.15, 0.2) is 0 Å². The second-order valence-electron chi connectivity index (χ2n) is 2.37. The summed E-state index contributed by atoms with van der Waals surface area (Å²) in [7, 11) is -1.11. The molecule has 0 unspecified atom stereocenters. The first-order chi connectivity index (χ1) is 2.00. The minimum atomic E-state index is -1.11. The SMILES string of the molecule is C[Si](C)(C)N.[H-].[K+]. The van der Waals surface area contributed by atoms with Gasteiger partial charge in [0.05, 0.1) is 0 Å². The molecule has 0 fully saturated rings. The molecule has 0 amide bonds. The van der Waals surface area contributed by atoms with Gasteiger partial charge in [-0.1, -0.05) is 19.6 Å². The number of hydrogen-bond acceptors (Lipinski definition) is 1. The molecule has 2 N–H and O–H groups in total. The van der Waals surface area contributed by atoms with Gasteiger partial charge in [-0.05, 0) is 0 Å². The Morgan fingerprint density at radius 3 is 1.33 bits per heavy atom. The van der Waals surface area contributed by atoms with Crippen LogP contribution in [0.3, 0.4) is 0 Å². The van der Waals surface area contributed by atoms with Gasteiger partial charge in [-0.25, -0.2) is 0 Å². The predicted octanol–water partition coefficient (Wildman–Crippen LogP) is -2.10. The average molecular weight is 129 g/mol. The van der Waals surface area contributed by atoms with Gasteiger partial charge in [0.1, 0.15) is 8.24 Å². The largest absolute Gasteiger partial charge is 1.00 e. The molecular weight excluding hydrogens is 117 g/mol. The maximum absolute atomic E-state index is 5.49. The second kappa shape index (κ2) is 3.77. The Labute approximate surface area is 84.7 Å². The summed E-state index contributed by atoms with van der Waals surface area (Å²) < 4.78 is 0. The number of nitrogens with two attached hydrogens (primary N) is 1. The van der Waals surface area contributed by atoms with Crippen molar-refractivity contribution in [2.24, 2.45) is 5.40 Å². The van der Waals surface area contributed by atoms with Crippen LogP contribution in [-0.4, -0.2) is 8.24 Å². The van der Waals surface area contributed by atoms with Crippen LogP contribution in [0, 0.1) is 0 Å². The van der Waals surface area contributed by atoms with Crippen molar-refractivity contribution in [1.82, 2.24) is 0 Å². The average Bonchev–Trinajstić information content (AvgIpc) is 0.722. The van der Waals surface area contributed by atoms with E-state index in [0.29, 0.717) is 0 Å². The van der Waals surface area contributed by atoms with Crippen LogP contribution in [0.25, 0.3) is 0 Å². The monoisotopic (exact) mass is 129 g/mol. The van der Waals surface area contributed by atoms with Crippen LogP contribution in [0.2, 0.25) is 19.6 Å². The summed E-state index contributed by atoms with van der Waals surface area (Å²) in [6, 6.07) is 0. The Balaban J connectivity index is -0.0000000800. The van der Waals surface area contributed by atoms with Gasteiger partial charge < -0.3 is 6.83 Å². The maximum Gasteiger partial charge on any atom is 1.00 e. The Morgan fingerprint density at radius 2 is 1.33 bits per heavy atom. The van der Waals surface area contributed by atoms with E-state index in [4.69, 9.17) is 5.40 Å². The summed E-state index contributed by atoms with van der Waals surface area (Å²) in [4.78, 5) is 0. The van der Waals surface area contributed by atoms with Crippen molar-refractivity contribution >= 4 is 8.24 Å². The Morgan fingerprint density at radius 1 is 1.33 bits per heavy atom. The van der Waals surface area contributed by atoms with E-state index in [0.717, 1.165) is 0 Å². The normalized spacial score (nSPS) is 10.0. The third-order valence-corrected chi connectivity index (χ3v) is 0. The van der Waals surface area contributed by atoms with Gasteiger partial charge >= 0.3 is 51.4 Å². The van der Waals surface area contributed by atoms with Crippen molar-refractivity contribution < 1.29 is 52.8 Å². The molecule has 0 aromatic heterocycles. The molecule has 0 saturated heterocycles. The van der Waals surface area contributed by atoms with Crippen molar-refractivity contribution in [2.45, 2.75) is 19.6 Å². The van der Waals surface area contributed by atoms with Crippen molar-refractivity contribution in [3.63, 3.8) is 0 Å². The van der Waals surface area contributed by atoms with E-state index in [-0.39, 0.29) is 52.8 Å². The molecule has 34 valence electrons. The molecule has 0 radical (unpaired) electrons. The predicted molar refractivity (Wildman–Crippen MR) is 28.6 cm³/mol. The van der Waals surface area contributed by atoms with Crippen LogP contribution < -0.4 is 56.8 Å². The Bertz CT molecular complexity index is 30.4. The molecule has 0 aromatic carbocycles. The van der Waals surface area contributed by atoms with Gasteiger partial charge in [0.15, 0.2) is 0 Å². The van der Waals surface area contributed by atoms with Crippen LogP contribution in [0.1, 0.15) is 1.43 Å². The molecule has 0 rings (SSSR count). The third kappa shape index (κ3) is 41.0. The molecule has 3 heteroatoms.